The van der Waals surface area contributed by atoms with Crippen molar-refractivity contribution in [3.05, 3.63) is 43.8 Å². The highest BCUT2D eigenvalue weighted by Crippen LogP contribution is 2.28. The van der Waals surface area contributed by atoms with E-state index < -0.39 is 0 Å². The first-order valence-corrected chi connectivity index (χ1v) is 10.1. The van der Waals surface area contributed by atoms with E-state index in [1.807, 2.05) is 22.3 Å². The average Bonchev–Trinajstić information content (AvgIpc) is 3.22. The first-order valence-electron chi connectivity index (χ1n) is 8.34. The largest absolute Gasteiger partial charge is 0.338 e. The molecule has 0 atom stereocenters. The third-order valence-electron chi connectivity index (χ3n) is 5.05. The summed E-state index contributed by atoms with van der Waals surface area (Å²) in [5.74, 6) is 0.223. The number of aryl methyl sites for hydroxylation is 1. The quantitative estimate of drug-likeness (QED) is 0.826. The number of amides is 1. The summed E-state index contributed by atoms with van der Waals surface area (Å²) in [6, 6.07) is 4.93. The molecule has 3 nitrogen and oxygen atoms in total. The number of fused-ring (bicyclic) bond motifs is 1. The third kappa shape index (κ3) is 3.10. The van der Waals surface area contributed by atoms with E-state index in [0.29, 0.717) is 6.04 Å². The molecule has 0 spiro atoms. The Morgan fingerprint density at radius 3 is 2.78 bits per heavy atom. The maximum Gasteiger partial charge on any atom is 0.263 e. The fourth-order valence-electron chi connectivity index (χ4n) is 3.72. The summed E-state index contributed by atoms with van der Waals surface area (Å²) in [6.45, 7) is 6.12. The lowest BCUT2D eigenvalue weighted by atomic mass is 9.99. The van der Waals surface area contributed by atoms with Crippen LogP contribution in [0.3, 0.4) is 0 Å². The van der Waals surface area contributed by atoms with Gasteiger partial charge in [-0.15, -0.1) is 22.7 Å². The van der Waals surface area contributed by atoms with Crippen LogP contribution < -0.4 is 0 Å². The highest BCUT2D eigenvalue weighted by Gasteiger charge is 2.29. The van der Waals surface area contributed by atoms with E-state index >= 15 is 0 Å². The summed E-state index contributed by atoms with van der Waals surface area (Å²) in [4.78, 5) is 19.7. The molecule has 0 aliphatic carbocycles. The number of hydrogen-bond acceptors (Lipinski definition) is 4. The normalized spacial score (nSPS) is 19.8. The van der Waals surface area contributed by atoms with Gasteiger partial charge in [-0.05, 0) is 60.2 Å². The van der Waals surface area contributed by atoms with Gasteiger partial charge in [0.1, 0.15) is 0 Å². The molecule has 5 heteroatoms. The Hall–Kier alpha value is -1.17. The zero-order valence-electron chi connectivity index (χ0n) is 13.5. The molecule has 0 bridgehead atoms. The number of piperidine rings is 1. The van der Waals surface area contributed by atoms with Gasteiger partial charge in [0, 0.05) is 37.1 Å². The summed E-state index contributed by atoms with van der Waals surface area (Å²) >= 11 is 3.47. The maximum absolute atomic E-state index is 12.5. The molecule has 122 valence electrons. The molecule has 23 heavy (non-hydrogen) atoms. The molecule has 1 amide bonds. The van der Waals surface area contributed by atoms with Crippen molar-refractivity contribution in [2.75, 3.05) is 19.6 Å². The molecule has 4 heterocycles. The van der Waals surface area contributed by atoms with Crippen LogP contribution in [0.25, 0.3) is 0 Å². The number of thiophene rings is 2. The Morgan fingerprint density at radius 2 is 2.04 bits per heavy atom. The summed E-state index contributed by atoms with van der Waals surface area (Å²) in [6.07, 6.45) is 3.41. The van der Waals surface area contributed by atoms with Crippen LogP contribution in [0.5, 0.6) is 0 Å². The van der Waals surface area contributed by atoms with E-state index in [0.717, 1.165) is 37.4 Å². The van der Waals surface area contributed by atoms with Crippen molar-refractivity contribution in [1.82, 2.24) is 9.80 Å². The van der Waals surface area contributed by atoms with Crippen LogP contribution in [-0.4, -0.2) is 41.4 Å². The lowest BCUT2D eigenvalue weighted by Crippen LogP contribution is -2.47. The van der Waals surface area contributed by atoms with Crippen molar-refractivity contribution in [2.45, 2.75) is 38.8 Å². The molecule has 1 fully saturated rings. The van der Waals surface area contributed by atoms with Crippen molar-refractivity contribution >= 4 is 28.6 Å². The monoisotopic (exact) mass is 346 g/mol. The molecule has 2 aliphatic heterocycles. The van der Waals surface area contributed by atoms with Gasteiger partial charge < -0.3 is 4.90 Å². The second kappa shape index (κ2) is 6.38. The van der Waals surface area contributed by atoms with Crippen LogP contribution >= 0.6 is 22.7 Å². The highest BCUT2D eigenvalue weighted by molar-refractivity contribution is 7.12. The number of likely N-dealkylation sites (tertiary alicyclic amines) is 1. The van der Waals surface area contributed by atoms with Gasteiger partial charge in [0.15, 0.2) is 0 Å². The zero-order valence-corrected chi connectivity index (χ0v) is 15.1. The molecule has 2 aliphatic rings. The summed E-state index contributed by atoms with van der Waals surface area (Å²) in [7, 11) is 0. The van der Waals surface area contributed by atoms with Crippen molar-refractivity contribution in [2.24, 2.45) is 0 Å². The van der Waals surface area contributed by atoms with Gasteiger partial charge in [-0.1, -0.05) is 0 Å². The molecular weight excluding hydrogens is 324 g/mol. The van der Waals surface area contributed by atoms with E-state index in [1.54, 1.807) is 16.2 Å². The van der Waals surface area contributed by atoms with Gasteiger partial charge in [-0.25, -0.2) is 0 Å². The molecule has 0 unspecified atom stereocenters. The molecule has 0 N–H and O–H groups in total. The minimum atomic E-state index is 0.223. The standard InChI is InChI=1S/C18H22N2OS2/c1-13-10-17(23-12-13)18(21)19-6-2-15(3-7-19)20-8-4-16-14(11-20)5-9-22-16/h5,9-10,12,15H,2-4,6-8,11H2,1H3. The van der Waals surface area contributed by atoms with Gasteiger partial charge in [0.05, 0.1) is 4.88 Å². The van der Waals surface area contributed by atoms with Crippen molar-refractivity contribution < 1.29 is 4.79 Å². The first-order chi connectivity index (χ1) is 11.2. The Bertz CT molecular complexity index is 697. The van der Waals surface area contributed by atoms with E-state index in [4.69, 9.17) is 0 Å². The number of hydrogen-bond donors (Lipinski definition) is 0. The summed E-state index contributed by atoms with van der Waals surface area (Å²) in [5.41, 5.74) is 2.71. The van der Waals surface area contributed by atoms with Gasteiger partial charge >= 0.3 is 0 Å². The van der Waals surface area contributed by atoms with Gasteiger partial charge in [0.2, 0.25) is 0 Å². The van der Waals surface area contributed by atoms with Crippen molar-refractivity contribution in [1.29, 1.82) is 0 Å². The summed E-state index contributed by atoms with van der Waals surface area (Å²) < 4.78 is 0. The smallest absolute Gasteiger partial charge is 0.263 e. The minimum absolute atomic E-state index is 0.223. The number of rotatable bonds is 2. The lowest BCUT2D eigenvalue weighted by Gasteiger charge is -2.40. The predicted octanol–water partition coefficient (Wildman–Crippen LogP) is 3.78. The first kappa shape index (κ1) is 15.4. The van der Waals surface area contributed by atoms with Crippen molar-refractivity contribution in [3.8, 4) is 0 Å². The van der Waals surface area contributed by atoms with Gasteiger partial charge in [0.25, 0.3) is 5.91 Å². The van der Waals surface area contributed by atoms with E-state index in [9.17, 15) is 4.79 Å². The Morgan fingerprint density at radius 1 is 1.22 bits per heavy atom. The number of carbonyl (C=O) groups excluding carboxylic acids is 1. The van der Waals surface area contributed by atoms with Crippen LogP contribution in [-0.2, 0) is 13.0 Å². The van der Waals surface area contributed by atoms with E-state index in [1.165, 1.54) is 24.1 Å². The fourth-order valence-corrected chi connectivity index (χ4v) is 5.47. The van der Waals surface area contributed by atoms with Gasteiger partial charge in [-0.3, -0.25) is 9.69 Å². The number of carbonyl (C=O) groups is 1. The van der Waals surface area contributed by atoms with Crippen LogP contribution in [0.15, 0.2) is 22.9 Å². The van der Waals surface area contributed by atoms with Gasteiger partial charge in [-0.2, -0.15) is 0 Å². The second-order valence-corrected chi connectivity index (χ2v) is 8.51. The lowest BCUT2D eigenvalue weighted by molar-refractivity contribution is 0.0605. The van der Waals surface area contributed by atoms with Crippen LogP contribution in [0.4, 0.5) is 0 Å². The Kier molecular flexibility index (Phi) is 4.26. The van der Waals surface area contributed by atoms with Crippen LogP contribution in [0.2, 0.25) is 0 Å². The molecule has 0 aromatic carbocycles. The molecule has 2 aromatic rings. The molecule has 0 saturated carbocycles. The molecule has 1 saturated heterocycles. The van der Waals surface area contributed by atoms with Crippen LogP contribution in [0, 0.1) is 6.92 Å². The minimum Gasteiger partial charge on any atom is -0.338 e. The third-order valence-corrected chi connectivity index (χ3v) is 7.11. The molecule has 4 rings (SSSR count). The van der Waals surface area contributed by atoms with E-state index in [-0.39, 0.29) is 5.91 Å². The number of nitrogens with zero attached hydrogens (tertiary/aromatic N) is 2. The second-order valence-electron chi connectivity index (χ2n) is 6.60. The zero-order chi connectivity index (χ0) is 15.8. The summed E-state index contributed by atoms with van der Waals surface area (Å²) in [5, 5.41) is 4.28. The molecule has 0 radical (unpaired) electrons. The maximum atomic E-state index is 12.5. The Balaban J connectivity index is 1.35. The van der Waals surface area contributed by atoms with Crippen molar-refractivity contribution in [3.63, 3.8) is 0 Å². The topological polar surface area (TPSA) is 23.6 Å². The molecule has 2 aromatic heterocycles. The fraction of sp³-hybridized carbons (Fsp3) is 0.500. The Labute approximate surface area is 145 Å². The van der Waals surface area contributed by atoms with Crippen LogP contribution in [0.1, 0.15) is 38.5 Å². The highest BCUT2D eigenvalue weighted by atomic mass is 32.1. The predicted molar refractivity (Wildman–Crippen MR) is 96.4 cm³/mol. The van der Waals surface area contributed by atoms with E-state index in [2.05, 4.69) is 28.7 Å². The molecular formula is C18H22N2OS2. The SMILES string of the molecule is Cc1csc(C(=O)N2CCC(N3CCc4sccc4C3)CC2)c1. The average molecular weight is 347 g/mol.